The van der Waals surface area contributed by atoms with E-state index in [1.807, 2.05) is 0 Å². The first kappa shape index (κ1) is 111. The number of nitrogens with zero attached hydrogens (tertiary/aromatic N) is 7. The van der Waals surface area contributed by atoms with E-state index in [0.29, 0.717) is 69.5 Å². The number of likely N-dealkylation sites (N-methyl/N-ethyl adjacent to an activating group) is 3. The molecule has 3 aromatic heterocycles. The highest BCUT2D eigenvalue weighted by atomic mass is 32.2. The molecule has 141 heavy (non-hydrogen) atoms. The van der Waals surface area contributed by atoms with E-state index in [2.05, 4.69) is 68.1 Å². The quantitative estimate of drug-likeness (QED) is 0.0203. The van der Waals surface area contributed by atoms with Gasteiger partial charge in [-0.3, -0.25) is 91.1 Å². The molecule has 16 amide bonds. The van der Waals surface area contributed by atoms with E-state index in [-0.39, 0.29) is 121 Å². The molecule has 3 aliphatic rings. The summed E-state index contributed by atoms with van der Waals surface area (Å²) in [7, 11) is 3.69. The second-order valence-electron chi connectivity index (χ2n) is 35.6. The number of aromatic hydroxyl groups is 1. The highest BCUT2D eigenvalue weighted by Gasteiger charge is 2.47. The normalized spacial score (nSPS) is 24.2. The molecule has 0 bridgehead atoms. The molecule has 15 atom stereocenters. The van der Waals surface area contributed by atoms with E-state index in [1.165, 1.54) is 68.6 Å². The van der Waals surface area contributed by atoms with Crippen LogP contribution in [0.1, 0.15) is 152 Å². The number of H-pyrrole nitrogens is 2. The van der Waals surface area contributed by atoms with E-state index in [1.54, 1.807) is 68.6 Å². The lowest BCUT2D eigenvalue weighted by Gasteiger charge is -2.36. The molecule has 6 aromatic rings. The van der Waals surface area contributed by atoms with Crippen molar-refractivity contribution in [3.63, 3.8) is 0 Å². The first-order valence-electron chi connectivity index (χ1n) is 47.1. The zero-order chi connectivity index (χ0) is 103. The van der Waals surface area contributed by atoms with Gasteiger partial charge in [-0.2, -0.15) is 0 Å². The number of imidazole rings is 1. The fraction of sp³-hybridized carbons (Fsp3) is 0.532. The van der Waals surface area contributed by atoms with Gasteiger partial charge in [0, 0.05) is 118 Å². The van der Waals surface area contributed by atoms with Gasteiger partial charge >= 0.3 is 17.9 Å². The number of rotatable bonds is 31. The number of nitrogens with one attached hydrogen (secondary N) is 12. The lowest BCUT2D eigenvalue weighted by atomic mass is 9.99. The van der Waals surface area contributed by atoms with E-state index >= 15 is 38.4 Å². The maximum Gasteiger partial charge on any atom is 0.323 e. The lowest BCUT2D eigenvalue weighted by Crippen LogP contribution is -2.61. The Morgan fingerprint density at radius 1 is 0.518 bits per heavy atom. The number of para-hydroxylation sites is 2. The second kappa shape index (κ2) is 53.3. The molecule has 3 aliphatic heterocycles. The van der Waals surface area contributed by atoms with Crippen LogP contribution in [0.3, 0.4) is 0 Å². The van der Waals surface area contributed by atoms with Crippen LogP contribution in [0.2, 0.25) is 0 Å². The Morgan fingerprint density at radius 2 is 1.06 bits per heavy atom. The standard InChI is InChI=1S/C94H130N22O24S/c1-7-9-25-72-87(133)107-66(41-78(121)122)86(132)110-70(82(128)100-45-76(97)119)49-141-50-77(120)102-67(36-53-29-31-57(117)32-30-53)90(136)111(4)52(3)81(127)108-69(42-79(123)124)93(139)115-35-19-28-73(115)88(134)106-65(39-56-44-98-51-101-56)85(131)104-63(24-16-18-34-96)92(138)116-47-58(118)40-75(116)89(135)105-64(37-54-43-99-61-22-13-11-20-59(54)61)84(130)103-62(23-15-17-33-95)83(129)109-68(91(137)113(6)74(26-10-8-2)94(140)112(72)5)38-55-46-114(48-80(125)126)71-27-14-12-21-60(55)71/h11-14,20-22,27,29-32,43-44,46,51-52,58,62-70,72-75,99,117-118H,7-10,15-19,23-26,28,33-42,45,47-50,95-96H2,1-6H3,(H2,97,119)(H,98,101)(H,100,128)(H,102,120)(H,103,130)(H,104,131)(H,105,135)(H,106,134)(H,107,133)(H,108,127)(H,109,129)(H,110,132)(H,121,122)(H,123,124)(H,125,126)/t52-,58+,62-,63-,64-,65-,66-,67-,68-,69-,70-,72-,73-,74-,75-/m0/s1. The van der Waals surface area contributed by atoms with Gasteiger partial charge in [-0.25, -0.2) is 4.98 Å². The van der Waals surface area contributed by atoms with E-state index in [0.717, 1.165) is 31.5 Å². The molecule has 766 valence electrons. The summed E-state index contributed by atoms with van der Waals surface area (Å²) in [6, 6.07) is -4.13. The topological polar surface area (TPSA) is 689 Å². The summed E-state index contributed by atoms with van der Waals surface area (Å²) in [6.07, 6.45) is 1.99. The molecular weight excluding hydrogens is 1850 g/mol. The number of thioether (sulfide) groups is 1. The number of aromatic nitrogens is 4. The van der Waals surface area contributed by atoms with Crippen LogP contribution in [-0.4, -0.2) is 338 Å². The van der Waals surface area contributed by atoms with Crippen molar-refractivity contribution in [2.45, 2.75) is 253 Å². The highest BCUT2D eigenvalue weighted by molar-refractivity contribution is 8.00. The molecule has 47 heteroatoms. The number of carbonyl (C=O) groups excluding carboxylic acids is 16. The Kier molecular flexibility index (Phi) is 41.8. The number of phenolic OH excluding ortho intramolecular Hbond substituents is 1. The zero-order valence-electron chi connectivity index (χ0n) is 79.7. The molecule has 0 spiro atoms. The first-order valence-corrected chi connectivity index (χ1v) is 48.3. The lowest BCUT2D eigenvalue weighted by molar-refractivity contribution is -0.149. The van der Waals surface area contributed by atoms with Crippen LogP contribution < -0.4 is 70.4 Å². The number of unbranched alkanes of at least 4 members (excludes halogenated alkanes) is 4. The van der Waals surface area contributed by atoms with E-state index in [4.69, 9.17) is 17.2 Å². The Morgan fingerprint density at radius 3 is 1.70 bits per heavy atom. The van der Waals surface area contributed by atoms with Gasteiger partial charge in [0.1, 0.15) is 96.9 Å². The number of carboxylic acid groups (broad SMARTS) is 3. The Labute approximate surface area is 817 Å². The molecule has 0 aliphatic carbocycles. The summed E-state index contributed by atoms with van der Waals surface area (Å²) in [5.41, 5.74) is 19.9. The predicted molar refractivity (Wildman–Crippen MR) is 512 cm³/mol. The molecule has 0 unspecified atom stereocenters. The molecular formula is C94H130N22O24S. The van der Waals surface area contributed by atoms with Crippen molar-refractivity contribution in [3.8, 4) is 5.75 Å². The molecule has 9 rings (SSSR count). The number of aliphatic hydroxyl groups excluding tert-OH is 1. The summed E-state index contributed by atoms with van der Waals surface area (Å²) in [5, 5.41) is 79.7. The molecule has 0 radical (unpaired) electrons. The molecule has 3 saturated heterocycles. The number of hydrogen-bond acceptors (Lipinski definition) is 25. The first-order chi connectivity index (χ1) is 67.2. The van der Waals surface area contributed by atoms with Gasteiger partial charge in [-0.1, -0.05) is 88.1 Å². The number of aromatic amines is 2. The Balaban J connectivity index is 1.13. The average Bonchev–Trinajstić information content (AvgIpc) is 1.72. The van der Waals surface area contributed by atoms with Gasteiger partial charge in [0.25, 0.3) is 0 Å². The highest BCUT2D eigenvalue weighted by Crippen LogP contribution is 2.29. The van der Waals surface area contributed by atoms with Crippen LogP contribution in [0.4, 0.5) is 0 Å². The molecule has 3 aromatic carbocycles. The maximum atomic E-state index is 16.1. The van der Waals surface area contributed by atoms with Crippen molar-refractivity contribution < 1.29 is 117 Å². The van der Waals surface area contributed by atoms with Crippen LogP contribution in [-0.2, 0) is 123 Å². The minimum atomic E-state index is -2.06. The number of fused-ring (bicyclic) bond motifs is 4. The van der Waals surface area contributed by atoms with Gasteiger partial charge in [0.2, 0.25) is 94.5 Å². The summed E-state index contributed by atoms with van der Waals surface area (Å²) in [6.45, 7) is 2.96. The number of aliphatic hydroxyl groups is 1. The largest absolute Gasteiger partial charge is 0.508 e. The fourth-order valence-electron chi connectivity index (χ4n) is 17.4. The predicted octanol–water partition coefficient (Wildman–Crippen LogP) is -2.34. The maximum absolute atomic E-state index is 16.1. The zero-order valence-corrected chi connectivity index (χ0v) is 80.5. The fourth-order valence-corrected chi connectivity index (χ4v) is 18.3. The van der Waals surface area contributed by atoms with Crippen molar-refractivity contribution in [1.82, 2.24) is 97.2 Å². The van der Waals surface area contributed by atoms with Gasteiger partial charge in [0.15, 0.2) is 0 Å². The van der Waals surface area contributed by atoms with Gasteiger partial charge in [0.05, 0.1) is 37.6 Å². The Hall–Kier alpha value is -14.1. The van der Waals surface area contributed by atoms with E-state index < -0.39 is 260 Å². The summed E-state index contributed by atoms with van der Waals surface area (Å²) in [4.78, 5) is 292. The van der Waals surface area contributed by atoms with Gasteiger partial charge in [-0.15, -0.1) is 11.8 Å². The number of carbonyl (C=O) groups is 19. The van der Waals surface area contributed by atoms with Crippen LogP contribution >= 0.6 is 11.8 Å². The minimum absolute atomic E-state index is 0.0732. The van der Waals surface area contributed by atoms with Crippen molar-refractivity contribution >= 4 is 146 Å². The van der Waals surface area contributed by atoms with Crippen LogP contribution in [0.25, 0.3) is 21.8 Å². The van der Waals surface area contributed by atoms with Crippen molar-refractivity contribution in [2.24, 2.45) is 17.2 Å². The second-order valence-corrected chi connectivity index (χ2v) is 36.6. The SMILES string of the molecule is CCCC[C@H]1C(=O)N(C)[C@@H](CCCC)C(=O)N[C@@H](CC(=O)O)C(=O)N[C@H](C(=O)NCC(N)=O)CSCC(=O)N[C@@H](Cc2ccc(O)cc2)C(=O)N(C)[C@@H](C)C(=O)N[C@@H](CC(=O)O)C(=O)N2CCC[C@H]2C(=O)N[C@@H](Cc2cnc[nH]2)C(=O)N[C@@H](CCCCN)C(=O)N2C[C@H](O)C[C@H]2C(=O)N[C@@H](Cc2c[nH]c3ccccc23)C(=O)N[C@@H](CCCCN)C(=O)N[C@@H](Cc2cn(CC(=O)O)c3ccccc23)C(=O)N1C. The number of amides is 16. The number of nitrogens with two attached hydrogens (primary N) is 3. The van der Waals surface area contributed by atoms with Gasteiger partial charge in [-0.05, 0) is 125 Å². The van der Waals surface area contributed by atoms with Crippen LogP contribution in [0.15, 0.2) is 97.7 Å². The molecule has 46 nitrogen and oxygen atoms in total. The van der Waals surface area contributed by atoms with Crippen molar-refractivity contribution in [1.29, 1.82) is 0 Å². The number of hydrogen-bond donors (Lipinski definition) is 20. The molecule has 23 N–H and O–H groups in total. The monoisotopic (exact) mass is 1980 g/mol. The minimum Gasteiger partial charge on any atom is -0.508 e. The molecule has 0 saturated carbocycles. The third-order valence-electron chi connectivity index (χ3n) is 25.2. The number of benzene rings is 3. The van der Waals surface area contributed by atoms with Crippen molar-refractivity contribution in [2.75, 3.05) is 65.4 Å². The number of carboxylic acids is 3. The van der Waals surface area contributed by atoms with Gasteiger partial charge < -0.3 is 135 Å². The Bertz CT molecular complexity index is 5440. The van der Waals surface area contributed by atoms with Crippen molar-refractivity contribution in [3.05, 3.63) is 120 Å². The van der Waals surface area contributed by atoms with Crippen LogP contribution in [0.5, 0.6) is 5.75 Å². The summed E-state index contributed by atoms with van der Waals surface area (Å²) < 4.78 is 1.42. The van der Waals surface area contributed by atoms with E-state index in [9.17, 15) is 78.3 Å². The number of aliphatic carboxylic acids is 3. The third kappa shape index (κ3) is 31.2. The molecule has 3 fully saturated rings. The molecule has 6 heterocycles. The summed E-state index contributed by atoms with van der Waals surface area (Å²) >= 11 is 0.660. The number of phenols is 1. The smallest absolute Gasteiger partial charge is 0.323 e. The number of primary amides is 1. The third-order valence-corrected chi connectivity index (χ3v) is 26.2. The average molecular weight is 1980 g/mol. The summed E-state index contributed by atoms with van der Waals surface area (Å²) in [5.74, 6) is -22.1. The van der Waals surface area contributed by atoms with Crippen LogP contribution in [0, 0.1) is 0 Å².